The van der Waals surface area contributed by atoms with Gasteiger partial charge in [-0.1, -0.05) is 63.4 Å². The number of carbonyl (C=O) groups excluding carboxylic acids is 1. The van der Waals surface area contributed by atoms with E-state index in [4.69, 9.17) is 14.8 Å². The molecule has 8 heteroatoms. The molecule has 36 heavy (non-hydrogen) atoms. The first-order valence-electron chi connectivity index (χ1n) is 12.0. The molecule has 1 fully saturated rings. The lowest BCUT2D eigenvalue weighted by atomic mass is 9.82. The van der Waals surface area contributed by atoms with E-state index in [1.54, 1.807) is 23.6 Å². The average Bonchev–Trinajstić information content (AvgIpc) is 3.29. The van der Waals surface area contributed by atoms with Crippen molar-refractivity contribution in [2.45, 2.75) is 39.7 Å². The number of aliphatic hydroxyl groups is 1. The van der Waals surface area contributed by atoms with Crippen LogP contribution < -0.4 is 4.90 Å². The molecule has 4 rings (SSSR count). The van der Waals surface area contributed by atoms with Crippen molar-refractivity contribution in [2.24, 2.45) is 5.41 Å². The summed E-state index contributed by atoms with van der Waals surface area (Å²) in [6.07, 6.45) is 5.84. The summed E-state index contributed by atoms with van der Waals surface area (Å²) in [6, 6.07) is 7.86. The topological polar surface area (TPSA) is 92.8 Å². The van der Waals surface area contributed by atoms with Gasteiger partial charge >= 0.3 is 5.97 Å². The van der Waals surface area contributed by atoms with E-state index in [2.05, 4.69) is 36.9 Å². The quantitative estimate of drug-likeness (QED) is 0.382. The molecule has 3 aromatic rings. The summed E-state index contributed by atoms with van der Waals surface area (Å²) in [4.78, 5) is 23.8. The standard InChI is InChI=1S/C28H33N5O3/c1-7-10-19(8-2)20-11-9-12-21(17-20)24-30-27-29-18(3)22(23(34)26(35)36-6)25(33(27)31-24)32-15-13-28(4,5)14-16-32/h7-12,17,23,34H,1-2,13-16H2,3-6H3/b19-10+. The van der Waals surface area contributed by atoms with E-state index in [9.17, 15) is 9.90 Å². The van der Waals surface area contributed by atoms with E-state index in [-0.39, 0.29) is 5.41 Å². The number of benzene rings is 1. The Bertz CT molecular complexity index is 1340. The number of esters is 1. The zero-order valence-corrected chi connectivity index (χ0v) is 21.4. The lowest BCUT2D eigenvalue weighted by Crippen LogP contribution is -2.39. The van der Waals surface area contributed by atoms with Gasteiger partial charge in [0.25, 0.3) is 5.78 Å². The molecule has 3 heterocycles. The maximum atomic E-state index is 12.4. The number of ether oxygens (including phenoxy) is 1. The molecule has 0 amide bonds. The summed E-state index contributed by atoms with van der Waals surface area (Å²) in [6.45, 7) is 15.5. The number of hydrogen-bond acceptors (Lipinski definition) is 7. The van der Waals surface area contributed by atoms with Crippen molar-refractivity contribution < 1.29 is 14.6 Å². The third-order valence-electron chi connectivity index (χ3n) is 6.77. The number of anilines is 1. The SMILES string of the molecule is C=C/C=C(\C=C)c1cccc(-c2nc3nc(C)c(C(O)C(=O)OC)c(N4CCC(C)(C)CC4)n3n2)c1. The molecule has 0 radical (unpaired) electrons. The lowest BCUT2D eigenvalue weighted by molar-refractivity contribution is -0.150. The van der Waals surface area contributed by atoms with E-state index in [1.165, 1.54) is 7.11 Å². The molecule has 1 atom stereocenters. The Kier molecular flexibility index (Phi) is 7.08. The first-order valence-corrected chi connectivity index (χ1v) is 12.0. The van der Waals surface area contributed by atoms with Gasteiger partial charge in [0.1, 0.15) is 5.82 Å². The first kappa shape index (κ1) is 25.3. The number of carbonyl (C=O) groups is 1. The third kappa shape index (κ3) is 4.81. The smallest absolute Gasteiger partial charge is 0.339 e. The molecule has 1 aliphatic rings. The molecule has 188 valence electrons. The Morgan fingerprint density at radius 1 is 1.22 bits per heavy atom. The third-order valence-corrected chi connectivity index (χ3v) is 6.77. The zero-order valence-electron chi connectivity index (χ0n) is 21.4. The van der Waals surface area contributed by atoms with Crippen molar-refractivity contribution in [3.8, 4) is 11.4 Å². The molecule has 0 spiro atoms. The average molecular weight is 488 g/mol. The fourth-order valence-electron chi connectivity index (χ4n) is 4.55. The number of allylic oxidation sites excluding steroid dienone is 4. The molecule has 2 aromatic heterocycles. The van der Waals surface area contributed by atoms with Crippen LogP contribution in [0.5, 0.6) is 0 Å². The van der Waals surface area contributed by atoms with Crippen LogP contribution in [0.3, 0.4) is 0 Å². The molecule has 1 aliphatic heterocycles. The number of piperidine rings is 1. The molecule has 0 bridgehead atoms. The minimum Gasteiger partial charge on any atom is -0.467 e. The summed E-state index contributed by atoms with van der Waals surface area (Å²) in [5.74, 6) is 0.782. The number of rotatable bonds is 7. The van der Waals surface area contributed by atoms with Crippen molar-refractivity contribution in [1.82, 2.24) is 19.6 Å². The van der Waals surface area contributed by atoms with E-state index in [0.29, 0.717) is 28.7 Å². The summed E-state index contributed by atoms with van der Waals surface area (Å²) in [7, 11) is 1.26. The highest BCUT2D eigenvalue weighted by Crippen LogP contribution is 2.37. The maximum absolute atomic E-state index is 12.4. The highest BCUT2D eigenvalue weighted by Gasteiger charge is 2.33. The zero-order chi connectivity index (χ0) is 26.0. The minimum atomic E-state index is -1.48. The van der Waals surface area contributed by atoms with E-state index < -0.39 is 12.1 Å². The number of hydrogen-bond donors (Lipinski definition) is 1. The molecular weight excluding hydrogens is 454 g/mol. The number of aromatic nitrogens is 4. The van der Waals surface area contributed by atoms with Crippen molar-refractivity contribution in [1.29, 1.82) is 0 Å². The number of fused-ring (bicyclic) bond motifs is 1. The fraction of sp³-hybridized carbons (Fsp3) is 0.357. The largest absolute Gasteiger partial charge is 0.467 e. The van der Waals surface area contributed by atoms with Crippen LogP contribution in [-0.2, 0) is 9.53 Å². The van der Waals surface area contributed by atoms with Gasteiger partial charge in [-0.3, -0.25) is 0 Å². The van der Waals surface area contributed by atoms with Crippen molar-refractivity contribution >= 4 is 23.1 Å². The minimum absolute atomic E-state index is 0.217. The molecular formula is C28H33N5O3. The van der Waals surface area contributed by atoms with Gasteiger partial charge in [-0.15, -0.1) is 5.10 Å². The fourth-order valence-corrected chi connectivity index (χ4v) is 4.55. The van der Waals surface area contributed by atoms with Gasteiger partial charge in [-0.2, -0.15) is 9.50 Å². The van der Waals surface area contributed by atoms with E-state index in [1.807, 2.05) is 30.3 Å². The van der Waals surface area contributed by atoms with Crippen LogP contribution in [0, 0.1) is 12.3 Å². The Morgan fingerprint density at radius 3 is 2.58 bits per heavy atom. The Morgan fingerprint density at radius 2 is 1.94 bits per heavy atom. The van der Waals surface area contributed by atoms with Gasteiger partial charge in [0.15, 0.2) is 11.9 Å². The van der Waals surface area contributed by atoms with Gasteiger partial charge in [-0.05, 0) is 42.4 Å². The highest BCUT2D eigenvalue weighted by atomic mass is 16.5. The van der Waals surface area contributed by atoms with Crippen LogP contribution >= 0.6 is 0 Å². The lowest BCUT2D eigenvalue weighted by Gasteiger charge is -2.39. The molecule has 0 aliphatic carbocycles. The second-order valence-corrected chi connectivity index (χ2v) is 9.80. The second-order valence-electron chi connectivity index (χ2n) is 9.80. The summed E-state index contributed by atoms with van der Waals surface area (Å²) in [5.41, 5.74) is 3.83. The van der Waals surface area contributed by atoms with Gasteiger partial charge in [0.05, 0.1) is 18.4 Å². The Balaban J connectivity index is 1.89. The molecule has 1 saturated heterocycles. The van der Waals surface area contributed by atoms with Crippen LogP contribution in [0.25, 0.3) is 22.7 Å². The molecule has 0 saturated carbocycles. The Labute approximate surface area is 211 Å². The normalized spacial score (nSPS) is 16.6. The first-order chi connectivity index (χ1) is 17.2. The van der Waals surface area contributed by atoms with Crippen LogP contribution in [-0.4, -0.2) is 50.9 Å². The Hall–Kier alpha value is -3.78. The molecule has 1 unspecified atom stereocenters. The predicted octanol–water partition coefficient (Wildman–Crippen LogP) is 4.69. The monoisotopic (exact) mass is 487 g/mol. The molecule has 1 aromatic carbocycles. The van der Waals surface area contributed by atoms with Crippen LogP contribution in [0.1, 0.15) is 49.6 Å². The van der Waals surface area contributed by atoms with Crippen molar-refractivity contribution in [2.75, 3.05) is 25.1 Å². The van der Waals surface area contributed by atoms with E-state index in [0.717, 1.165) is 42.6 Å². The summed E-state index contributed by atoms with van der Waals surface area (Å²) < 4.78 is 6.49. The van der Waals surface area contributed by atoms with Crippen molar-refractivity contribution in [3.63, 3.8) is 0 Å². The van der Waals surface area contributed by atoms with Crippen molar-refractivity contribution in [3.05, 3.63) is 72.5 Å². The summed E-state index contributed by atoms with van der Waals surface area (Å²) in [5, 5.41) is 15.7. The maximum Gasteiger partial charge on any atom is 0.339 e. The van der Waals surface area contributed by atoms with Gasteiger partial charge in [0.2, 0.25) is 0 Å². The van der Waals surface area contributed by atoms with Crippen LogP contribution in [0.15, 0.2) is 55.7 Å². The number of aryl methyl sites for hydroxylation is 1. The number of nitrogens with zero attached hydrogens (tertiary/aromatic N) is 5. The van der Waals surface area contributed by atoms with Gasteiger partial charge in [-0.25, -0.2) is 9.78 Å². The predicted molar refractivity (Wildman–Crippen MR) is 142 cm³/mol. The molecule has 8 nitrogen and oxygen atoms in total. The second kappa shape index (κ2) is 10.1. The van der Waals surface area contributed by atoms with Gasteiger partial charge < -0.3 is 14.7 Å². The van der Waals surface area contributed by atoms with Crippen LogP contribution in [0.2, 0.25) is 0 Å². The van der Waals surface area contributed by atoms with Crippen LogP contribution in [0.4, 0.5) is 5.82 Å². The number of aliphatic hydroxyl groups excluding tert-OH is 1. The van der Waals surface area contributed by atoms with Gasteiger partial charge in [0, 0.05) is 18.7 Å². The number of methoxy groups -OCH3 is 1. The summed E-state index contributed by atoms with van der Waals surface area (Å²) >= 11 is 0. The highest BCUT2D eigenvalue weighted by molar-refractivity contribution is 5.80. The van der Waals surface area contributed by atoms with E-state index >= 15 is 0 Å². The molecule has 1 N–H and O–H groups in total.